The van der Waals surface area contributed by atoms with Gasteiger partial charge in [-0.2, -0.15) is 0 Å². The van der Waals surface area contributed by atoms with Crippen LogP contribution in [0.1, 0.15) is 11.1 Å². The normalized spacial score (nSPS) is 10.2. The molecule has 0 amide bonds. The molecule has 1 aromatic carbocycles. The molecular formula is C13H10Cl3N. The highest BCUT2D eigenvalue weighted by Crippen LogP contribution is 2.26. The molecule has 0 aliphatic carbocycles. The van der Waals surface area contributed by atoms with E-state index in [0.717, 1.165) is 11.1 Å². The van der Waals surface area contributed by atoms with E-state index in [2.05, 4.69) is 4.98 Å². The van der Waals surface area contributed by atoms with Crippen molar-refractivity contribution in [2.24, 2.45) is 0 Å². The van der Waals surface area contributed by atoms with Crippen LogP contribution in [-0.2, 0) is 0 Å². The summed E-state index contributed by atoms with van der Waals surface area (Å²) in [7, 11) is 0. The Hall–Kier alpha value is -1.02. The monoisotopic (exact) mass is 285 g/mol. The van der Waals surface area contributed by atoms with Crippen LogP contribution in [0.15, 0.2) is 42.7 Å². The smallest absolute Gasteiger partial charge is 0.0493 e. The first kappa shape index (κ1) is 14.0. The summed E-state index contributed by atoms with van der Waals surface area (Å²) >= 11 is 12.1. The van der Waals surface area contributed by atoms with E-state index in [9.17, 15) is 0 Å². The molecule has 0 fully saturated rings. The largest absolute Gasteiger partial charge is 0.265 e. The highest BCUT2D eigenvalue weighted by atomic mass is 35.5. The van der Waals surface area contributed by atoms with Crippen molar-refractivity contribution in [3.63, 3.8) is 0 Å². The quantitative estimate of drug-likeness (QED) is 0.758. The van der Waals surface area contributed by atoms with Crippen LogP contribution in [-0.4, -0.2) is 4.98 Å². The molecule has 2 rings (SSSR count). The Bertz CT molecular complexity index is 489. The number of benzene rings is 1. The van der Waals surface area contributed by atoms with E-state index in [4.69, 9.17) is 23.2 Å². The standard InChI is InChI=1S/C13H9Cl2N.ClH/c14-12-2-1-3-13(15)11(12)5-4-10-6-8-16-9-7-10;/h1-9H;1H/b5-4+;. The number of hydrogen-bond acceptors (Lipinski definition) is 1. The summed E-state index contributed by atoms with van der Waals surface area (Å²) in [6.45, 7) is 0. The first-order valence-electron chi connectivity index (χ1n) is 4.79. The third kappa shape index (κ3) is 3.74. The van der Waals surface area contributed by atoms with Gasteiger partial charge in [0.2, 0.25) is 0 Å². The summed E-state index contributed by atoms with van der Waals surface area (Å²) < 4.78 is 0. The Labute approximate surface area is 117 Å². The van der Waals surface area contributed by atoms with E-state index in [0.29, 0.717) is 10.0 Å². The topological polar surface area (TPSA) is 12.9 Å². The second-order valence-corrected chi connectivity index (χ2v) is 4.06. The number of aromatic nitrogens is 1. The van der Waals surface area contributed by atoms with Gasteiger partial charge in [0.1, 0.15) is 0 Å². The van der Waals surface area contributed by atoms with Crippen LogP contribution in [0.4, 0.5) is 0 Å². The minimum absolute atomic E-state index is 0. The minimum Gasteiger partial charge on any atom is -0.265 e. The Morgan fingerprint density at radius 3 is 2.06 bits per heavy atom. The molecule has 4 heteroatoms. The number of hydrogen-bond donors (Lipinski definition) is 0. The van der Waals surface area contributed by atoms with Crippen molar-refractivity contribution >= 4 is 47.8 Å². The molecule has 0 bridgehead atoms. The summed E-state index contributed by atoms with van der Waals surface area (Å²) in [6.07, 6.45) is 7.34. The lowest BCUT2D eigenvalue weighted by molar-refractivity contribution is 1.32. The van der Waals surface area contributed by atoms with E-state index in [-0.39, 0.29) is 12.4 Å². The van der Waals surface area contributed by atoms with E-state index in [1.807, 2.05) is 42.5 Å². The summed E-state index contributed by atoms with van der Waals surface area (Å²) in [5.41, 5.74) is 1.90. The highest BCUT2D eigenvalue weighted by Gasteiger charge is 2.00. The Morgan fingerprint density at radius 2 is 1.47 bits per heavy atom. The zero-order valence-corrected chi connectivity index (χ0v) is 11.1. The van der Waals surface area contributed by atoms with E-state index < -0.39 is 0 Å². The molecule has 0 aliphatic heterocycles. The van der Waals surface area contributed by atoms with Gasteiger partial charge in [-0.1, -0.05) is 41.4 Å². The molecule has 1 nitrogen and oxygen atoms in total. The molecule has 0 aliphatic rings. The number of pyridine rings is 1. The fraction of sp³-hybridized carbons (Fsp3) is 0. The fourth-order valence-corrected chi connectivity index (χ4v) is 1.85. The fourth-order valence-electron chi connectivity index (χ4n) is 1.32. The lowest BCUT2D eigenvalue weighted by Gasteiger charge is -2.00. The maximum Gasteiger partial charge on any atom is 0.0493 e. The molecule has 0 radical (unpaired) electrons. The molecule has 88 valence electrons. The average molecular weight is 287 g/mol. The number of halogens is 3. The summed E-state index contributed by atoms with van der Waals surface area (Å²) in [5, 5.41) is 1.30. The second-order valence-electron chi connectivity index (χ2n) is 3.25. The zero-order valence-electron chi connectivity index (χ0n) is 8.81. The van der Waals surface area contributed by atoms with E-state index in [1.54, 1.807) is 12.4 Å². The molecule has 1 heterocycles. The van der Waals surface area contributed by atoms with Crippen LogP contribution < -0.4 is 0 Å². The van der Waals surface area contributed by atoms with Crippen molar-refractivity contribution in [2.75, 3.05) is 0 Å². The maximum atomic E-state index is 6.05. The van der Waals surface area contributed by atoms with Crippen molar-refractivity contribution in [1.82, 2.24) is 4.98 Å². The molecule has 17 heavy (non-hydrogen) atoms. The van der Waals surface area contributed by atoms with Gasteiger partial charge >= 0.3 is 0 Å². The SMILES string of the molecule is Cl.Clc1cccc(Cl)c1/C=C/c1ccncc1. The number of nitrogens with zero attached hydrogens (tertiary/aromatic N) is 1. The third-order valence-electron chi connectivity index (χ3n) is 2.15. The van der Waals surface area contributed by atoms with Crippen molar-refractivity contribution in [2.45, 2.75) is 0 Å². The van der Waals surface area contributed by atoms with Crippen molar-refractivity contribution in [1.29, 1.82) is 0 Å². The van der Waals surface area contributed by atoms with Crippen LogP contribution in [0.5, 0.6) is 0 Å². The van der Waals surface area contributed by atoms with Crippen LogP contribution in [0.25, 0.3) is 12.2 Å². The molecule has 0 spiro atoms. The molecule has 0 unspecified atom stereocenters. The van der Waals surface area contributed by atoms with Gasteiger partial charge in [0, 0.05) is 28.0 Å². The van der Waals surface area contributed by atoms with E-state index in [1.165, 1.54) is 0 Å². The minimum atomic E-state index is 0. The molecule has 0 saturated carbocycles. The van der Waals surface area contributed by atoms with Crippen LogP contribution in [0.2, 0.25) is 10.0 Å². The van der Waals surface area contributed by atoms with Gasteiger partial charge in [-0.3, -0.25) is 4.98 Å². The molecular weight excluding hydrogens is 277 g/mol. The van der Waals surface area contributed by atoms with Crippen LogP contribution >= 0.6 is 35.6 Å². The summed E-state index contributed by atoms with van der Waals surface area (Å²) in [5.74, 6) is 0. The van der Waals surface area contributed by atoms with Gasteiger partial charge in [-0.15, -0.1) is 12.4 Å². The first-order valence-corrected chi connectivity index (χ1v) is 5.55. The summed E-state index contributed by atoms with van der Waals surface area (Å²) in [4.78, 5) is 3.95. The van der Waals surface area contributed by atoms with Gasteiger partial charge < -0.3 is 0 Å². The predicted molar refractivity (Wildman–Crippen MR) is 76.9 cm³/mol. The highest BCUT2D eigenvalue weighted by molar-refractivity contribution is 6.37. The van der Waals surface area contributed by atoms with Crippen molar-refractivity contribution in [3.05, 3.63) is 63.9 Å². The van der Waals surface area contributed by atoms with Gasteiger partial charge in [0.05, 0.1) is 0 Å². The summed E-state index contributed by atoms with van der Waals surface area (Å²) in [6, 6.07) is 9.30. The Morgan fingerprint density at radius 1 is 0.882 bits per heavy atom. The lowest BCUT2D eigenvalue weighted by atomic mass is 10.1. The van der Waals surface area contributed by atoms with E-state index >= 15 is 0 Å². The average Bonchev–Trinajstić information content (AvgIpc) is 2.30. The predicted octanol–water partition coefficient (Wildman–Crippen LogP) is 4.98. The maximum absolute atomic E-state index is 6.05. The Balaban J connectivity index is 0.00000144. The van der Waals surface area contributed by atoms with Gasteiger partial charge in [0.15, 0.2) is 0 Å². The third-order valence-corrected chi connectivity index (χ3v) is 2.81. The Kier molecular flexibility index (Phi) is 5.49. The zero-order chi connectivity index (χ0) is 11.4. The van der Waals surface area contributed by atoms with Crippen LogP contribution in [0, 0.1) is 0 Å². The van der Waals surface area contributed by atoms with Gasteiger partial charge in [0.25, 0.3) is 0 Å². The molecule has 1 aromatic heterocycles. The lowest BCUT2D eigenvalue weighted by Crippen LogP contribution is -1.77. The molecule has 2 aromatic rings. The van der Waals surface area contributed by atoms with Gasteiger partial charge in [-0.05, 0) is 29.8 Å². The molecule has 0 saturated heterocycles. The number of rotatable bonds is 2. The van der Waals surface area contributed by atoms with Crippen LogP contribution in [0.3, 0.4) is 0 Å². The second kappa shape index (κ2) is 6.65. The van der Waals surface area contributed by atoms with Crippen molar-refractivity contribution in [3.8, 4) is 0 Å². The van der Waals surface area contributed by atoms with Crippen molar-refractivity contribution < 1.29 is 0 Å². The molecule has 0 N–H and O–H groups in total. The first-order chi connectivity index (χ1) is 7.77. The van der Waals surface area contributed by atoms with Gasteiger partial charge in [-0.25, -0.2) is 0 Å². The molecule has 0 atom stereocenters.